The summed E-state index contributed by atoms with van der Waals surface area (Å²) in [5.74, 6) is -0.334. The quantitative estimate of drug-likeness (QED) is 0.295. The van der Waals surface area contributed by atoms with E-state index >= 15 is 0 Å². The number of aryl methyl sites for hydroxylation is 1. The number of rotatable bonds is 12. The third-order valence-electron chi connectivity index (χ3n) is 4.54. The zero-order valence-electron chi connectivity index (χ0n) is 18.1. The molecule has 0 amide bonds. The van der Waals surface area contributed by atoms with Crippen LogP contribution in [0.25, 0.3) is 0 Å². The molecule has 0 aromatic heterocycles. The Labute approximate surface area is 177 Å². The number of Topliss-reactive ketones (excluding diaryl/α,β-unsaturated/α-hetero) is 1. The molecule has 0 saturated carbocycles. The summed E-state index contributed by atoms with van der Waals surface area (Å²) in [6, 6.07) is 5.97. The number of hydrogen-bond acceptors (Lipinski definition) is 9. The van der Waals surface area contributed by atoms with E-state index < -0.39 is 26.3 Å². The standard InChI is InChI=1S/C19H30N2O7P2/c1-6-25-29(23,26-7-2)19(30(24,27-8-3)28-9-4)14-17(20-21-19)18(22)16-12-10-15(5)11-13-16/h10-13,17H,6-9,14H2,1-5H3. The van der Waals surface area contributed by atoms with Gasteiger partial charge >= 0.3 is 15.2 Å². The second-order valence-electron chi connectivity index (χ2n) is 6.61. The third kappa shape index (κ3) is 4.67. The molecule has 0 radical (unpaired) electrons. The summed E-state index contributed by atoms with van der Waals surface area (Å²) < 4.78 is 49.6. The van der Waals surface area contributed by atoms with Crippen molar-refractivity contribution in [3.63, 3.8) is 0 Å². The topological polar surface area (TPSA) is 113 Å². The van der Waals surface area contributed by atoms with Crippen LogP contribution in [0.1, 0.15) is 50.0 Å². The van der Waals surface area contributed by atoms with Crippen molar-refractivity contribution in [3.05, 3.63) is 35.4 Å². The average molecular weight is 460 g/mol. The van der Waals surface area contributed by atoms with Gasteiger partial charge in [-0.2, -0.15) is 10.2 Å². The molecule has 11 heteroatoms. The highest BCUT2D eigenvalue weighted by Gasteiger charge is 2.69. The lowest BCUT2D eigenvalue weighted by Crippen LogP contribution is -2.33. The molecule has 30 heavy (non-hydrogen) atoms. The summed E-state index contributed by atoms with van der Waals surface area (Å²) >= 11 is 0. The van der Waals surface area contributed by atoms with E-state index in [9.17, 15) is 13.9 Å². The van der Waals surface area contributed by atoms with Crippen LogP contribution in [0.2, 0.25) is 0 Å². The van der Waals surface area contributed by atoms with Crippen LogP contribution in [-0.2, 0) is 27.2 Å². The van der Waals surface area contributed by atoms with E-state index in [-0.39, 0.29) is 38.6 Å². The van der Waals surface area contributed by atoms with Crippen molar-refractivity contribution >= 4 is 21.0 Å². The van der Waals surface area contributed by atoms with Crippen molar-refractivity contribution < 1.29 is 32.0 Å². The van der Waals surface area contributed by atoms with Gasteiger partial charge in [0.1, 0.15) is 6.04 Å². The van der Waals surface area contributed by atoms with Crippen LogP contribution in [0.5, 0.6) is 0 Å². The Morgan fingerprint density at radius 1 is 0.933 bits per heavy atom. The number of carbonyl (C=O) groups excluding carboxylic acids is 1. The van der Waals surface area contributed by atoms with E-state index in [1.165, 1.54) is 0 Å². The Kier molecular flexibility index (Phi) is 8.69. The number of benzene rings is 1. The van der Waals surface area contributed by atoms with E-state index in [0.717, 1.165) is 5.56 Å². The lowest BCUT2D eigenvalue weighted by atomic mass is 10.0. The first kappa shape index (κ1) is 25.1. The molecule has 2 rings (SSSR count). The third-order valence-corrected chi connectivity index (χ3v) is 10.7. The van der Waals surface area contributed by atoms with Crippen LogP contribution in [0.3, 0.4) is 0 Å². The van der Waals surface area contributed by atoms with Gasteiger partial charge < -0.3 is 18.1 Å². The number of ketones is 1. The van der Waals surface area contributed by atoms with Crippen molar-refractivity contribution in [3.8, 4) is 0 Å². The molecule has 1 heterocycles. The minimum absolute atomic E-state index is 0.0172. The minimum atomic E-state index is -4.18. The highest BCUT2D eigenvalue weighted by molar-refractivity contribution is 7.74. The van der Waals surface area contributed by atoms with Gasteiger partial charge in [-0.1, -0.05) is 29.8 Å². The number of nitrogens with zero attached hydrogens (tertiary/aromatic N) is 2. The lowest BCUT2D eigenvalue weighted by Gasteiger charge is -2.36. The summed E-state index contributed by atoms with van der Waals surface area (Å²) in [6.07, 6.45) is -0.270. The molecule has 1 aliphatic rings. The first-order valence-corrected chi connectivity index (χ1v) is 13.1. The summed E-state index contributed by atoms with van der Waals surface area (Å²) in [5, 5.41) is 6.12. The molecule has 0 fully saturated rings. The minimum Gasteiger partial charge on any atom is -0.307 e. The van der Waals surface area contributed by atoms with Crippen LogP contribution < -0.4 is 0 Å². The van der Waals surface area contributed by atoms with Crippen molar-refractivity contribution in [1.29, 1.82) is 0 Å². The molecule has 168 valence electrons. The molecule has 9 nitrogen and oxygen atoms in total. The van der Waals surface area contributed by atoms with E-state index in [0.29, 0.717) is 5.56 Å². The Morgan fingerprint density at radius 3 is 1.77 bits per heavy atom. The van der Waals surface area contributed by atoms with Crippen molar-refractivity contribution in [2.24, 2.45) is 10.2 Å². The monoisotopic (exact) mass is 460 g/mol. The molecule has 1 atom stereocenters. The highest BCUT2D eigenvalue weighted by Crippen LogP contribution is 2.81. The van der Waals surface area contributed by atoms with Crippen molar-refractivity contribution in [2.45, 2.75) is 52.1 Å². The molecule has 1 aromatic carbocycles. The molecular weight excluding hydrogens is 430 g/mol. The van der Waals surface area contributed by atoms with Gasteiger partial charge in [0.05, 0.1) is 26.4 Å². The summed E-state index contributed by atoms with van der Waals surface area (Å²) in [7, 11) is -8.36. The summed E-state index contributed by atoms with van der Waals surface area (Å²) in [4.78, 5) is 13.0. The van der Waals surface area contributed by atoms with E-state index in [2.05, 4.69) is 10.2 Å². The van der Waals surface area contributed by atoms with Crippen LogP contribution >= 0.6 is 15.2 Å². The maximum atomic E-state index is 13.8. The van der Waals surface area contributed by atoms with Gasteiger partial charge in [0.25, 0.3) is 5.02 Å². The van der Waals surface area contributed by atoms with Gasteiger partial charge in [-0.3, -0.25) is 13.9 Å². The van der Waals surface area contributed by atoms with Crippen LogP contribution in [0.15, 0.2) is 34.5 Å². The normalized spacial score (nSPS) is 18.6. The predicted octanol–water partition coefficient (Wildman–Crippen LogP) is 5.59. The number of azo groups is 1. The fourth-order valence-corrected chi connectivity index (χ4v) is 8.55. The molecule has 0 aliphatic carbocycles. The fourth-order valence-electron chi connectivity index (χ4n) is 3.21. The van der Waals surface area contributed by atoms with Crippen LogP contribution in [0, 0.1) is 6.92 Å². The zero-order chi connectivity index (χ0) is 22.4. The number of hydrogen-bond donors (Lipinski definition) is 0. The molecule has 0 spiro atoms. The molecular formula is C19H30N2O7P2. The van der Waals surface area contributed by atoms with Gasteiger partial charge in [-0.25, -0.2) is 0 Å². The van der Waals surface area contributed by atoms with Gasteiger partial charge in [0, 0.05) is 12.0 Å². The first-order chi connectivity index (χ1) is 14.2. The van der Waals surface area contributed by atoms with Crippen LogP contribution in [-0.4, -0.2) is 43.3 Å². The van der Waals surface area contributed by atoms with Gasteiger partial charge in [0.15, 0.2) is 5.78 Å². The Morgan fingerprint density at radius 2 is 1.37 bits per heavy atom. The van der Waals surface area contributed by atoms with Gasteiger partial charge in [0.2, 0.25) is 0 Å². The Balaban J connectivity index is 2.54. The first-order valence-electron chi connectivity index (χ1n) is 10.0. The molecule has 0 bridgehead atoms. The van der Waals surface area contributed by atoms with Crippen molar-refractivity contribution in [2.75, 3.05) is 26.4 Å². The second-order valence-corrected chi connectivity index (χ2v) is 11.5. The predicted molar refractivity (Wildman–Crippen MR) is 113 cm³/mol. The Bertz CT molecular complexity index is 807. The molecule has 0 N–H and O–H groups in total. The highest BCUT2D eigenvalue weighted by atomic mass is 31.2. The smallest absolute Gasteiger partial charge is 0.307 e. The maximum Gasteiger partial charge on any atom is 0.372 e. The zero-order valence-corrected chi connectivity index (χ0v) is 19.9. The molecule has 1 unspecified atom stereocenters. The summed E-state index contributed by atoms with van der Waals surface area (Å²) in [6.45, 7) is 8.51. The second kappa shape index (κ2) is 10.4. The lowest BCUT2D eigenvalue weighted by molar-refractivity contribution is 0.0960. The van der Waals surface area contributed by atoms with Crippen molar-refractivity contribution in [1.82, 2.24) is 0 Å². The fraction of sp³-hybridized carbons (Fsp3) is 0.632. The van der Waals surface area contributed by atoms with Gasteiger partial charge in [-0.15, -0.1) is 0 Å². The molecule has 1 aliphatic heterocycles. The average Bonchev–Trinajstić information content (AvgIpc) is 3.17. The molecule has 1 aromatic rings. The largest absolute Gasteiger partial charge is 0.372 e. The molecule has 0 saturated heterocycles. The summed E-state index contributed by atoms with van der Waals surface area (Å²) in [5.41, 5.74) is 1.42. The maximum absolute atomic E-state index is 13.8. The van der Waals surface area contributed by atoms with E-state index in [4.69, 9.17) is 18.1 Å². The number of carbonyl (C=O) groups is 1. The SMILES string of the molecule is CCOP(=O)(OCC)C1(P(=O)(OCC)OCC)CC(C(=O)c2ccc(C)cc2)N=N1. The van der Waals surface area contributed by atoms with Gasteiger partial charge in [-0.05, 0) is 34.6 Å². The van der Waals surface area contributed by atoms with Crippen LogP contribution in [0.4, 0.5) is 0 Å². The Hall–Kier alpha value is -1.21. The van der Waals surface area contributed by atoms with E-state index in [1.54, 1.807) is 39.8 Å². The van der Waals surface area contributed by atoms with E-state index in [1.807, 2.05) is 19.1 Å².